The van der Waals surface area contributed by atoms with Gasteiger partial charge in [0.25, 0.3) is 10.2 Å². The van der Waals surface area contributed by atoms with Crippen molar-refractivity contribution in [2.75, 3.05) is 49.1 Å². The van der Waals surface area contributed by atoms with E-state index >= 15 is 0 Å². The van der Waals surface area contributed by atoms with Crippen molar-refractivity contribution in [2.24, 2.45) is 5.92 Å². The molecule has 0 atom stereocenters. The monoisotopic (exact) mass is 447 g/mol. The fraction of sp³-hybridized carbons (Fsp3) is 0.500. The molecule has 0 radical (unpaired) electrons. The summed E-state index contributed by atoms with van der Waals surface area (Å²) < 4.78 is 42.6. The van der Waals surface area contributed by atoms with Crippen LogP contribution in [0.2, 0.25) is 0 Å². The Balaban J connectivity index is 1.33. The standard InChI is InChI=1S/C22H30FN5O2S/c1-18-7-10-28(11-8-18)31(29,30)25-17-19-6-9-24-22(16-19)27-14-12-26(13-15-27)21-4-2-20(23)3-5-21/h2-6,9,16,18,25H,7-8,10-15,17H2,1H3. The zero-order chi connectivity index (χ0) is 21.8. The molecule has 2 aromatic rings. The van der Waals surface area contributed by atoms with Crippen LogP contribution in [0.3, 0.4) is 0 Å². The highest BCUT2D eigenvalue weighted by Crippen LogP contribution is 2.21. The van der Waals surface area contributed by atoms with E-state index in [1.54, 1.807) is 22.6 Å². The first-order valence-electron chi connectivity index (χ1n) is 10.9. The van der Waals surface area contributed by atoms with Crippen molar-refractivity contribution in [1.29, 1.82) is 0 Å². The third-order valence-electron chi connectivity index (χ3n) is 6.15. The molecular formula is C22H30FN5O2S. The van der Waals surface area contributed by atoms with Crippen LogP contribution in [0.25, 0.3) is 0 Å². The van der Waals surface area contributed by atoms with Crippen LogP contribution in [0.1, 0.15) is 25.3 Å². The lowest BCUT2D eigenvalue weighted by molar-refractivity contribution is 0.285. The summed E-state index contributed by atoms with van der Waals surface area (Å²) in [6, 6.07) is 10.4. The summed E-state index contributed by atoms with van der Waals surface area (Å²) in [4.78, 5) is 8.91. The molecule has 2 fully saturated rings. The van der Waals surface area contributed by atoms with E-state index in [9.17, 15) is 12.8 Å². The maximum absolute atomic E-state index is 13.2. The van der Waals surface area contributed by atoms with Crippen molar-refractivity contribution in [1.82, 2.24) is 14.0 Å². The molecule has 3 heterocycles. The summed E-state index contributed by atoms with van der Waals surface area (Å²) in [6.45, 7) is 6.80. The summed E-state index contributed by atoms with van der Waals surface area (Å²) in [7, 11) is -3.47. The van der Waals surface area contributed by atoms with Crippen LogP contribution in [0.4, 0.5) is 15.9 Å². The van der Waals surface area contributed by atoms with Gasteiger partial charge in [0.1, 0.15) is 11.6 Å². The molecule has 7 nitrogen and oxygen atoms in total. The number of benzene rings is 1. The van der Waals surface area contributed by atoms with Gasteiger partial charge >= 0.3 is 0 Å². The summed E-state index contributed by atoms with van der Waals surface area (Å²) in [5.74, 6) is 1.20. The first-order valence-corrected chi connectivity index (χ1v) is 12.3. The van der Waals surface area contributed by atoms with Gasteiger partial charge in [0.2, 0.25) is 0 Å². The fourth-order valence-electron chi connectivity index (χ4n) is 4.08. The highest BCUT2D eigenvalue weighted by Gasteiger charge is 2.26. The van der Waals surface area contributed by atoms with Crippen molar-refractivity contribution in [3.8, 4) is 0 Å². The number of nitrogens with one attached hydrogen (secondary N) is 1. The summed E-state index contributed by atoms with van der Waals surface area (Å²) in [5.41, 5.74) is 1.91. The Morgan fingerprint density at radius 3 is 2.32 bits per heavy atom. The molecule has 1 N–H and O–H groups in total. The number of rotatable bonds is 6. The lowest BCUT2D eigenvalue weighted by Crippen LogP contribution is -2.47. The number of anilines is 2. The Labute approximate surface area is 184 Å². The van der Waals surface area contributed by atoms with E-state index in [-0.39, 0.29) is 12.4 Å². The first-order chi connectivity index (χ1) is 14.9. The van der Waals surface area contributed by atoms with Crippen molar-refractivity contribution in [2.45, 2.75) is 26.3 Å². The SMILES string of the molecule is CC1CCN(S(=O)(=O)NCc2ccnc(N3CCN(c4ccc(F)cc4)CC3)c2)CC1. The largest absolute Gasteiger partial charge is 0.368 e. The minimum atomic E-state index is -3.47. The van der Waals surface area contributed by atoms with E-state index in [0.717, 1.165) is 56.1 Å². The fourth-order valence-corrected chi connectivity index (χ4v) is 5.30. The molecule has 2 aliphatic heterocycles. The van der Waals surface area contributed by atoms with Gasteiger partial charge in [0, 0.05) is 57.7 Å². The Kier molecular flexibility index (Phi) is 6.74. The molecule has 168 valence electrons. The van der Waals surface area contributed by atoms with Crippen molar-refractivity contribution in [3.63, 3.8) is 0 Å². The van der Waals surface area contributed by atoms with Gasteiger partial charge in [0.05, 0.1) is 0 Å². The molecule has 0 amide bonds. The predicted octanol–water partition coefficient (Wildman–Crippen LogP) is 2.61. The minimum Gasteiger partial charge on any atom is -0.368 e. The van der Waals surface area contributed by atoms with Gasteiger partial charge in [-0.3, -0.25) is 0 Å². The molecule has 9 heteroatoms. The molecule has 2 aliphatic rings. The molecule has 1 aromatic carbocycles. The number of aromatic nitrogens is 1. The maximum Gasteiger partial charge on any atom is 0.279 e. The average molecular weight is 448 g/mol. The van der Waals surface area contributed by atoms with Crippen LogP contribution in [0.5, 0.6) is 0 Å². The van der Waals surface area contributed by atoms with E-state index in [2.05, 4.69) is 26.4 Å². The van der Waals surface area contributed by atoms with Crippen LogP contribution in [-0.2, 0) is 16.8 Å². The van der Waals surface area contributed by atoms with E-state index < -0.39 is 10.2 Å². The second-order valence-electron chi connectivity index (χ2n) is 8.38. The Morgan fingerprint density at radius 2 is 1.65 bits per heavy atom. The van der Waals surface area contributed by atoms with Crippen molar-refractivity contribution in [3.05, 3.63) is 54.0 Å². The summed E-state index contributed by atoms with van der Waals surface area (Å²) in [6.07, 6.45) is 3.54. The topological polar surface area (TPSA) is 68.8 Å². The second-order valence-corrected chi connectivity index (χ2v) is 10.1. The molecule has 1 aromatic heterocycles. The van der Waals surface area contributed by atoms with E-state index in [0.29, 0.717) is 19.0 Å². The molecule has 0 aliphatic carbocycles. The number of piperidine rings is 1. The molecular weight excluding hydrogens is 417 g/mol. The van der Waals surface area contributed by atoms with Crippen LogP contribution >= 0.6 is 0 Å². The van der Waals surface area contributed by atoms with E-state index in [1.807, 2.05) is 12.1 Å². The highest BCUT2D eigenvalue weighted by molar-refractivity contribution is 7.87. The van der Waals surface area contributed by atoms with Crippen LogP contribution in [-0.4, -0.2) is 57.0 Å². The van der Waals surface area contributed by atoms with Gasteiger partial charge in [0.15, 0.2) is 0 Å². The molecule has 0 bridgehead atoms. The van der Waals surface area contributed by atoms with Gasteiger partial charge < -0.3 is 9.80 Å². The Morgan fingerprint density at radius 1 is 1.00 bits per heavy atom. The number of pyridine rings is 1. The zero-order valence-corrected chi connectivity index (χ0v) is 18.7. The second kappa shape index (κ2) is 9.50. The van der Waals surface area contributed by atoms with Crippen LogP contribution < -0.4 is 14.5 Å². The predicted molar refractivity (Wildman–Crippen MR) is 121 cm³/mol. The Hall–Kier alpha value is -2.23. The van der Waals surface area contributed by atoms with Gasteiger partial charge in [-0.1, -0.05) is 6.92 Å². The first kappa shape index (κ1) is 22.0. The molecule has 0 saturated carbocycles. The molecule has 2 saturated heterocycles. The third-order valence-corrected chi connectivity index (χ3v) is 7.70. The number of piperazine rings is 1. The quantitative estimate of drug-likeness (QED) is 0.737. The number of hydrogen-bond acceptors (Lipinski definition) is 5. The Bertz CT molecular complexity index is 970. The van der Waals surface area contributed by atoms with Crippen molar-refractivity contribution >= 4 is 21.7 Å². The molecule has 0 unspecified atom stereocenters. The number of hydrogen-bond donors (Lipinski definition) is 1. The molecule has 4 rings (SSSR count). The molecule has 0 spiro atoms. The number of halogens is 1. The number of nitrogens with zero attached hydrogens (tertiary/aromatic N) is 4. The third kappa shape index (κ3) is 5.53. The molecule has 31 heavy (non-hydrogen) atoms. The average Bonchev–Trinajstić information content (AvgIpc) is 2.79. The lowest BCUT2D eigenvalue weighted by atomic mass is 10.0. The van der Waals surface area contributed by atoms with Crippen molar-refractivity contribution < 1.29 is 12.8 Å². The summed E-state index contributed by atoms with van der Waals surface area (Å²) >= 11 is 0. The van der Waals surface area contributed by atoms with Gasteiger partial charge in [-0.05, 0) is 60.7 Å². The van der Waals surface area contributed by atoms with Gasteiger partial charge in [-0.15, -0.1) is 0 Å². The highest BCUT2D eigenvalue weighted by atomic mass is 32.2. The van der Waals surface area contributed by atoms with Crippen LogP contribution in [0, 0.1) is 11.7 Å². The van der Waals surface area contributed by atoms with Gasteiger partial charge in [-0.25, -0.2) is 9.37 Å². The van der Waals surface area contributed by atoms with E-state index in [1.165, 1.54) is 12.1 Å². The van der Waals surface area contributed by atoms with E-state index in [4.69, 9.17) is 0 Å². The van der Waals surface area contributed by atoms with Crippen LogP contribution in [0.15, 0.2) is 42.6 Å². The smallest absolute Gasteiger partial charge is 0.279 e. The zero-order valence-electron chi connectivity index (χ0n) is 17.9. The maximum atomic E-state index is 13.2. The minimum absolute atomic E-state index is 0.228. The summed E-state index contributed by atoms with van der Waals surface area (Å²) in [5, 5.41) is 0. The lowest BCUT2D eigenvalue weighted by Gasteiger charge is -2.36. The normalized spacial score (nSPS) is 19.0. The van der Waals surface area contributed by atoms with Gasteiger partial charge in [-0.2, -0.15) is 17.4 Å².